The summed E-state index contributed by atoms with van der Waals surface area (Å²) in [7, 11) is 0. The van der Waals surface area contributed by atoms with Gasteiger partial charge in [0.25, 0.3) is 0 Å². The highest BCUT2D eigenvalue weighted by molar-refractivity contribution is 5.13. The zero-order chi connectivity index (χ0) is 40.3. The van der Waals surface area contributed by atoms with Gasteiger partial charge >= 0.3 is 0 Å². The number of hydrogen-bond donors (Lipinski definition) is 0. The molecule has 0 nitrogen and oxygen atoms in total. The highest BCUT2D eigenvalue weighted by atomic mass is 14.2. The molecule has 4 saturated carbocycles. The Morgan fingerprint density at radius 2 is 0.900 bits per heavy atom. The highest BCUT2D eigenvalue weighted by Gasteiger charge is 2.17. The van der Waals surface area contributed by atoms with E-state index in [1.165, 1.54) is 26.7 Å². The zero-order valence-corrected chi connectivity index (χ0v) is 27.6. The summed E-state index contributed by atoms with van der Waals surface area (Å²) in [5, 5.41) is 0. The summed E-state index contributed by atoms with van der Waals surface area (Å²) in [5.41, 5.74) is 0.731. The lowest BCUT2D eigenvalue weighted by molar-refractivity contribution is 0.279. The van der Waals surface area contributed by atoms with Crippen LogP contribution in [0.2, 0.25) is 0 Å². The quantitative estimate of drug-likeness (QED) is 0.332. The van der Waals surface area contributed by atoms with Crippen LogP contribution in [0.4, 0.5) is 0 Å². The molecule has 0 aromatic heterocycles. The van der Waals surface area contributed by atoms with E-state index in [1.54, 1.807) is 19.1 Å². The van der Waals surface area contributed by atoms with Crippen molar-refractivity contribution in [3.8, 4) is 0 Å². The zero-order valence-electron chi connectivity index (χ0n) is 39.6. The van der Waals surface area contributed by atoms with Crippen molar-refractivity contribution in [2.75, 3.05) is 0 Å². The Kier molecular flexibility index (Phi) is 13.5. The van der Waals surface area contributed by atoms with Gasteiger partial charge in [0.1, 0.15) is 0 Å². The maximum Gasteiger partial charge on any atom is 0.0313 e. The number of rotatable bonds is 5. The summed E-state index contributed by atoms with van der Waals surface area (Å²) in [6, 6.07) is 9.16. The summed E-state index contributed by atoms with van der Waals surface area (Å²) in [4.78, 5) is 0. The molecule has 0 unspecified atom stereocenters. The predicted molar refractivity (Wildman–Crippen MR) is 183 cm³/mol. The van der Waals surface area contributed by atoms with Gasteiger partial charge in [-0.05, 0) is 47.3 Å². The summed E-state index contributed by atoms with van der Waals surface area (Å²) in [6.45, 7) is 12.0. The fourth-order valence-electron chi connectivity index (χ4n) is 5.67. The van der Waals surface area contributed by atoms with Crippen molar-refractivity contribution in [1.29, 1.82) is 0 Å². The summed E-state index contributed by atoms with van der Waals surface area (Å²) in [6.07, 6.45) is 13.9. The lowest BCUT2D eigenvalue weighted by Crippen LogP contribution is -2.12. The van der Waals surface area contributed by atoms with Gasteiger partial charge in [-0.3, -0.25) is 0 Å². The Labute approximate surface area is 271 Å². The van der Waals surface area contributed by atoms with Crippen LogP contribution in [0, 0.1) is 35.4 Å². The van der Waals surface area contributed by atoms with Crippen LogP contribution in [0.1, 0.15) is 199 Å². The van der Waals surface area contributed by atoms with Gasteiger partial charge in [-0.2, -0.15) is 0 Å². The van der Waals surface area contributed by atoms with Crippen LogP contribution < -0.4 is 0 Å². The normalized spacial score (nSPS) is 29.6. The van der Waals surface area contributed by atoms with Crippen molar-refractivity contribution in [2.24, 2.45) is 35.4 Å². The summed E-state index contributed by atoms with van der Waals surface area (Å²) >= 11 is 0. The van der Waals surface area contributed by atoms with Gasteiger partial charge in [-0.1, -0.05) is 207 Å². The van der Waals surface area contributed by atoms with Crippen LogP contribution in [0.3, 0.4) is 0 Å². The van der Waals surface area contributed by atoms with E-state index in [4.69, 9.17) is 16.4 Å². The molecule has 4 fully saturated rings. The first kappa shape index (κ1) is 21.8. The maximum atomic E-state index is 8.08. The maximum absolute atomic E-state index is 8.08. The molecule has 0 bridgehead atoms. The van der Waals surface area contributed by atoms with Gasteiger partial charge in [0, 0.05) is 16.4 Å². The third kappa shape index (κ3) is 18.6. The minimum Gasteiger partial charge on any atom is -0.0651 e. The second-order valence-electron chi connectivity index (χ2n) is 12.1. The molecule has 40 heavy (non-hydrogen) atoms. The van der Waals surface area contributed by atoms with E-state index in [0.717, 1.165) is 108 Å². The largest absolute Gasteiger partial charge is 0.0651 e. The highest BCUT2D eigenvalue weighted by Crippen LogP contribution is 2.31. The molecule has 0 heterocycles. The van der Waals surface area contributed by atoms with E-state index in [-0.39, 0.29) is 0 Å². The van der Waals surface area contributed by atoms with Gasteiger partial charge in [0.2, 0.25) is 0 Å². The van der Waals surface area contributed by atoms with Crippen molar-refractivity contribution in [2.45, 2.75) is 183 Å². The molecular formula is C40H74. The average Bonchev–Trinajstić information content (AvgIpc) is 3.68. The second kappa shape index (κ2) is 24.8. The minimum absolute atomic E-state index is 0.451. The first-order valence-corrected chi connectivity index (χ1v) is 16.5. The molecule has 234 valence electrons. The fourth-order valence-corrected chi connectivity index (χ4v) is 5.67. The minimum atomic E-state index is -1.33. The Morgan fingerprint density at radius 1 is 0.575 bits per heavy atom. The van der Waals surface area contributed by atoms with E-state index in [0.29, 0.717) is 0 Å². The standard InChI is InChI=1S/C9H18.2C8H16.C8H10.C7H14/c1-8(2)9-6-4-3-5-7-9;1-7(2)8-5-3-4-6-8;2*1-2-8-6-4-3-5-7-8;1-2-7-5-3-4-6-7/h8-9H,3-7H2,1-2H3;7-8H,3-6H2,1-2H3;8H,2-7H2,1H3;3-7H,2H2,1H3;7H,2-6H2,1H3/i8D,9D;7D,8D;2D2,8D;2D2;2D2,7D. The molecule has 0 radical (unpaired) electrons. The third-order valence-electron chi connectivity index (χ3n) is 8.51. The van der Waals surface area contributed by atoms with Gasteiger partial charge in [-0.15, -0.1) is 0 Å². The van der Waals surface area contributed by atoms with E-state index in [2.05, 4.69) is 0 Å². The van der Waals surface area contributed by atoms with E-state index in [9.17, 15) is 0 Å². The Hall–Kier alpha value is -0.780. The molecule has 0 heteroatoms. The molecule has 4 aliphatic carbocycles. The van der Waals surface area contributed by atoms with Gasteiger partial charge in [-0.25, -0.2) is 0 Å². The Morgan fingerprint density at radius 3 is 1.15 bits per heavy atom. The lowest BCUT2D eigenvalue weighted by atomic mass is 9.82. The van der Waals surface area contributed by atoms with Crippen LogP contribution in [-0.2, 0) is 6.37 Å². The second-order valence-corrected chi connectivity index (χ2v) is 12.1. The van der Waals surface area contributed by atoms with Crippen LogP contribution in [0.5, 0.6) is 0 Å². The SMILES string of the molecule is [2H]C(C)(C)C1([2H])CCCC1.[2H]C(C)(C)C1([2H])CCCCC1.[2H]C([2H])(C)C1([2H])CCCC1.[2H]C([2H])(C)C1([2H])CCCCC1.[2H]C([2H])(C)c1ccccc1. The van der Waals surface area contributed by atoms with Crippen LogP contribution >= 0.6 is 0 Å². The van der Waals surface area contributed by atoms with Gasteiger partial charge < -0.3 is 0 Å². The molecular weight excluding hydrogens is 480 g/mol. The van der Waals surface area contributed by atoms with Crippen LogP contribution in [0.15, 0.2) is 30.3 Å². The summed E-state index contributed by atoms with van der Waals surface area (Å²) in [5.74, 6) is -3.65. The average molecular weight is 567 g/mol. The fraction of sp³-hybridized carbons (Fsp3) is 0.850. The lowest BCUT2D eigenvalue weighted by Gasteiger charge is -2.24. The first-order chi connectivity index (χ1) is 23.4. The molecule has 0 saturated heterocycles. The van der Waals surface area contributed by atoms with Crippen molar-refractivity contribution in [3.05, 3.63) is 35.9 Å². The van der Waals surface area contributed by atoms with Gasteiger partial charge in [0.15, 0.2) is 0 Å². The van der Waals surface area contributed by atoms with E-state index in [1.807, 2.05) is 45.9 Å². The predicted octanol–water partition coefficient (Wildman–Crippen LogP) is 13.9. The molecule has 1 aromatic rings. The van der Waals surface area contributed by atoms with Crippen LogP contribution in [0.25, 0.3) is 0 Å². The van der Waals surface area contributed by atoms with Crippen LogP contribution in [-0.4, -0.2) is 0 Å². The summed E-state index contributed by atoms with van der Waals surface area (Å²) < 4.78 is 91.8. The molecule has 0 spiro atoms. The van der Waals surface area contributed by atoms with Crippen molar-refractivity contribution < 1.29 is 16.4 Å². The topological polar surface area (TPSA) is 0 Å². The van der Waals surface area contributed by atoms with Gasteiger partial charge in [0.05, 0.1) is 0 Å². The first-order valence-electron chi connectivity index (χ1n) is 22.5. The molecule has 1 aromatic carbocycles. The number of aryl methyl sites for hydroxylation is 1. The van der Waals surface area contributed by atoms with E-state index >= 15 is 0 Å². The Balaban J connectivity index is 0.000000325. The Bertz CT molecular complexity index is 1050. The molecule has 0 N–H and O–H groups in total. The smallest absolute Gasteiger partial charge is 0.0313 e. The van der Waals surface area contributed by atoms with Crippen molar-refractivity contribution in [3.63, 3.8) is 0 Å². The number of benzene rings is 1. The third-order valence-corrected chi connectivity index (χ3v) is 8.51. The number of hydrogen-bond acceptors (Lipinski definition) is 0. The molecule has 0 amide bonds. The van der Waals surface area contributed by atoms with Crippen molar-refractivity contribution in [1.82, 2.24) is 0 Å². The van der Waals surface area contributed by atoms with E-state index < -0.39 is 54.5 Å². The molecule has 4 aliphatic rings. The molecule has 5 rings (SSSR count). The molecule has 0 aliphatic heterocycles. The van der Waals surface area contributed by atoms with Crippen molar-refractivity contribution >= 4 is 0 Å². The monoisotopic (exact) mass is 567 g/mol. The molecule has 0 atom stereocenters.